The van der Waals surface area contributed by atoms with Crippen molar-refractivity contribution in [2.24, 2.45) is 14.1 Å². The van der Waals surface area contributed by atoms with Crippen molar-refractivity contribution in [2.75, 3.05) is 11.6 Å². The fourth-order valence-electron chi connectivity index (χ4n) is 2.17. The van der Waals surface area contributed by atoms with Crippen LogP contribution in [-0.4, -0.2) is 41.5 Å². The van der Waals surface area contributed by atoms with Gasteiger partial charge < -0.3 is 9.67 Å². The van der Waals surface area contributed by atoms with Gasteiger partial charge in [-0.1, -0.05) is 23.9 Å². The molecule has 23 heavy (non-hydrogen) atoms. The number of aliphatic hydroxyl groups excluding tert-OH is 1. The van der Waals surface area contributed by atoms with Gasteiger partial charge >= 0.3 is 5.69 Å². The molecule has 126 valence electrons. The highest BCUT2D eigenvalue weighted by atomic mass is 35.5. The van der Waals surface area contributed by atoms with Crippen LogP contribution in [0.2, 0.25) is 0 Å². The number of hydrogen-bond donors (Lipinski definition) is 1. The first-order valence-electron chi connectivity index (χ1n) is 6.95. The van der Waals surface area contributed by atoms with E-state index in [9.17, 15) is 14.7 Å². The summed E-state index contributed by atoms with van der Waals surface area (Å²) in [6.45, 7) is 6.13. The Labute approximate surface area is 142 Å². The van der Waals surface area contributed by atoms with Crippen molar-refractivity contribution >= 4 is 34.5 Å². The number of alkyl halides is 1. The number of rotatable bonds is 6. The summed E-state index contributed by atoms with van der Waals surface area (Å²) in [5.74, 6) is 0.464. The zero-order valence-electron chi connectivity index (χ0n) is 13.2. The van der Waals surface area contributed by atoms with Crippen molar-refractivity contribution < 1.29 is 5.11 Å². The Kier molecular flexibility index (Phi) is 5.38. The van der Waals surface area contributed by atoms with E-state index < -0.39 is 17.4 Å². The maximum absolute atomic E-state index is 12.5. The standard InChI is InChI=1S/C14H19ClN4O3S/c1-8(2)6-19-10-11(16-13(19)23-7-9(20)5-15)17(3)14(22)18(4)12(10)21/h9,20H,1,5-7H2,2-4H3. The van der Waals surface area contributed by atoms with Crippen molar-refractivity contribution in [1.29, 1.82) is 0 Å². The van der Waals surface area contributed by atoms with E-state index in [1.54, 1.807) is 11.6 Å². The molecule has 9 heteroatoms. The molecule has 0 aromatic carbocycles. The van der Waals surface area contributed by atoms with E-state index in [-0.39, 0.29) is 5.88 Å². The molecule has 7 nitrogen and oxygen atoms in total. The smallest absolute Gasteiger partial charge is 0.332 e. The van der Waals surface area contributed by atoms with Crippen molar-refractivity contribution in [1.82, 2.24) is 18.7 Å². The molecule has 0 saturated heterocycles. The molecular formula is C14H19ClN4O3S. The van der Waals surface area contributed by atoms with Gasteiger partial charge in [-0.2, -0.15) is 0 Å². The average molecular weight is 359 g/mol. The number of thioether (sulfide) groups is 1. The molecule has 1 atom stereocenters. The molecule has 0 radical (unpaired) electrons. The van der Waals surface area contributed by atoms with E-state index in [1.165, 1.54) is 23.4 Å². The molecule has 2 aromatic heterocycles. The van der Waals surface area contributed by atoms with E-state index in [1.807, 2.05) is 6.92 Å². The molecule has 0 spiro atoms. The zero-order chi connectivity index (χ0) is 17.3. The Morgan fingerprint density at radius 3 is 2.61 bits per heavy atom. The zero-order valence-corrected chi connectivity index (χ0v) is 14.8. The van der Waals surface area contributed by atoms with Crippen molar-refractivity contribution in [2.45, 2.75) is 24.7 Å². The fourth-order valence-corrected chi connectivity index (χ4v) is 3.33. The van der Waals surface area contributed by atoms with Gasteiger partial charge in [-0.25, -0.2) is 9.78 Å². The Morgan fingerprint density at radius 2 is 2.04 bits per heavy atom. The van der Waals surface area contributed by atoms with Crippen molar-refractivity contribution in [3.63, 3.8) is 0 Å². The van der Waals surface area contributed by atoms with E-state index in [0.717, 1.165) is 10.1 Å². The molecule has 0 fully saturated rings. The topological polar surface area (TPSA) is 82.1 Å². The van der Waals surface area contributed by atoms with Crippen LogP contribution in [0.15, 0.2) is 26.9 Å². The summed E-state index contributed by atoms with van der Waals surface area (Å²) >= 11 is 6.90. The lowest BCUT2D eigenvalue weighted by molar-refractivity contribution is 0.223. The van der Waals surface area contributed by atoms with Crippen LogP contribution in [0.4, 0.5) is 0 Å². The minimum absolute atomic E-state index is 0.119. The fraction of sp³-hybridized carbons (Fsp3) is 0.500. The van der Waals surface area contributed by atoms with Crippen molar-refractivity contribution in [3.8, 4) is 0 Å². The third-order valence-electron chi connectivity index (χ3n) is 3.32. The SMILES string of the molecule is C=C(C)Cn1c(SCC(O)CCl)nc2c1c(=O)n(C)c(=O)n2C. The van der Waals surface area contributed by atoms with Gasteiger partial charge in [-0.05, 0) is 6.92 Å². The Bertz CT molecular complexity index is 868. The molecule has 2 rings (SSSR count). The molecule has 0 aliphatic rings. The summed E-state index contributed by atoms with van der Waals surface area (Å²) in [4.78, 5) is 29.0. The molecule has 2 aromatic rings. The van der Waals surface area contributed by atoms with Gasteiger partial charge in [0.05, 0.1) is 6.10 Å². The number of aliphatic hydroxyl groups is 1. The van der Waals surface area contributed by atoms with E-state index in [2.05, 4.69) is 11.6 Å². The van der Waals surface area contributed by atoms with Crippen LogP contribution in [0.25, 0.3) is 11.2 Å². The predicted molar refractivity (Wildman–Crippen MR) is 92.5 cm³/mol. The first-order chi connectivity index (χ1) is 10.8. The predicted octanol–water partition coefficient (Wildman–Crippen LogP) is 0.702. The van der Waals surface area contributed by atoms with E-state index in [0.29, 0.717) is 28.6 Å². The molecule has 0 aliphatic carbocycles. The summed E-state index contributed by atoms with van der Waals surface area (Å²) in [5.41, 5.74) is 0.684. The number of allylic oxidation sites excluding steroid dienone is 1. The Morgan fingerprint density at radius 1 is 1.39 bits per heavy atom. The van der Waals surface area contributed by atoms with Crippen molar-refractivity contribution in [3.05, 3.63) is 33.0 Å². The van der Waals surface area contributed by atoms with Gasteiger partial charge in [0.25, 0.3) is 5.56 Å². The van der Waals surface area contributed by atoms with Crippen LogP contribution in [-0.2, 0) is 20.6 Å². The number of aryl methyl sites for hydroxylation is 1. The average Bonchev–Trinajstić information content (AvgIpc) is 2.86. The molecule has 2 heterocycles. The van der Waals surface area contributed by atoms with Gasteiger partial charge in [-0.3, -0.25) is 13.9 Å². The van der Waals surface area contributed by atoms with Crippen LogP contribution in [0.3, 0.4) is 0 Å². The number of imidazole rings is 1. The third-order valence-corrected chi connectivity index (χ3v) is 4.80. The highest BCUT2D eigenvalue weighted by Gasteiger charge is 2.20. The third kappa shape index (κ3) is 3.39. The van der Waals surface area contributed by atoms with Gasteiger partial charge in [0, 0.05) is 32.3 Å². The monoisotopic (exact) mass is 358 g/mol. The van der Waals surface area contributed by atoms with E-state index >= 15 is 0 Å². The molecule has 0 bridgehead atoms. The number of fused-ring (bicyclic) bond motifs is 1. The molecule has 1 unspecified atom stereocenters. The van der Waals surface area contributed by atoms with Crippen LogP contribution in [0.5, 0.6) is 0 Å². The molecule has 0 amide bonds. The summed E-state index contributed by atoms with van der Waals surface area (Å²) in [6, 6.07) is 0. The molecule has 0 saturated carbocycles. The summed E-state index contributed by atoms with van der Waals surface area (Å²) in [5, 5.41) is 10.2. The van der Waals surface area contributed by atoms with Gasteiger partial charge in [0.15, 0.2) is 16.3 Å². The lowest BCUT2D eigenvalue weighted by Gasteiger charge is -2.10. The molecule has 1 N–H and O–H groups in total. The first-order valence-corrected chi connectivity index (χ1v) is 8.47. The Hall–Kier alpha value is -1.51. The number of hydrogen-bond acceptors (Lipinski definition) is 5. The highest BCUT2D eigenvalue weighted by Crippen LogP contribution is 2.23. The number of aromatic nitrogens is 4. The minimum Gasteiger partial charge on any atom is -0.391 e. The maximum Gasteiger partial charge on any atom is 0.332 e. The van der Waals surface area contributed by atoms with Gasteiger partial charge in [0.2, 0.25) is 0 Å². The molecule has 0 aliphatic heterocycles. The second-order valence-corrected chi connectivity index (χ2v) is 6.73. The lowest BCUT2D eigenvalue weighted by Crippen LogP contribution is -2.37. The Balaban J connectivity index is 2.69. The second-order valence-electron chi connectivity index (χ2n) is 5.43. The minimum atomic E-state index is -0.675. The summed E-state index contributed by atoms with van der Waals surface area (Å²) < 4.78 is 4.12. The second kappa shape index (κ2) is 6.94. The summed E-state index contributed by atoms with van der Waals surface area (Å²) in [7, 11) is 3.01. The largest absolute Gasteiger partial charge is 0.391 e. The van der Waals surface area contributed by atoms with Crippen LogP contribution in [0, 0.1) is 0 Å². The normalized spacial score (nSPS) is 12.7. The highest BCUT2D eigenvalue weighted by molar-refractivity contribution is 7.99. The molecular weight excluding hydrogens is 340 g/mol. The first kappa shape index (κ1) is 17.8. The quantitative estimate of drug-likeness (QED) is 0.467. The van der Waals surface area contributed by atoms with Gasteiger partial charge in [0.1, 0.15) is 0 Å². The van der Waals surface area contributed by atoms with Crippen LogP contribution < -0.4 is 11.2 Å². The number of nitrogens with zero attached hydrogens (tertiary/aromatic N) is 4. The van der Waals surface area contributed by atoms with Crippen LogP contribution >= 0.6 is 23.4 Å². The lowest BCUT2D eigenvalue weighted by atomic mass is 10.3. The van der Waals surface area contributed by atoms with Crippen LogP contribution in [0.1, 0.15) is 6.92 Å². The van der Waals surface area contributed by atoms with Gasteiger partial charge in [-0.15, -0.1) is 11.6 Å². The summed E-state index contributed by atoms with van der Waals surface area (Å²) in [6.07, 6.45) is -0.675. The number of halogens is 1. The van der Waals surface area contributed by atoms with E-state index in [4.69, 9.17) is 11.6 Å². The maximum atomic E-state index is 12.5.